The Morgan fingerprint density at radius 3 is 2.48 bits per heavy atom. The first-order valence-corrected chi connectivity index (χ1v) is 17.8. The van der Waals surface area contributed by atoms with E-state index in [2.05, 4.69) is 0 Å². The van der Waals surface area contributed by atoms with Gasteiger partial charge >= 0.3 is 0 Å². The van der Waals surface area contributed by atoms with Crippen LogP contribution in [0.25, 0.3) is 27.8 Å². The summed E-state index contributed by atoms with van der Waals surface area (Å²) in [6.45, 7) is 2.38. The zero-order valence-electron chi connectivity index (χ0n) is 22.8. The lowest BCUT2D eigenvalue weighted by Gasteiger charge is -2.20. The minimum atomic E-state index is -4.11. The summed E-state index contributed by atoms with van der Waals surface area (Å²) in [6.07, 6.45) is 5.48. The molecule has 0 spiro atoms. The molecule has 1 aliphatic heterocycles. The van der Waals surface area contributed by atoms with Gasteiger partial charge in [-0.1, -0.05) is 60.6 Å². The molecular formula is C30H30ClNO7S3. The first-order chi connectivity index (χ1) is 19.9. The Hall–Kier alpha value is -2.80. The Balaban J connectivity index is 1.56. The van der Waals surface area contributed by atoms with Crippen molar-refractivity contribution >= 4 is 77.1 Å². The van der Waals surface area contributed by atoms with Crippen molar-refractivity contribution in [3.63, 3.8) is 0 Å². The molecule has 0 bridgehead atoms. The van der Waals surface area contributed by atoms with E-state index >= 15 is 0 Å². The number of halogens is 1. The minimum Gasteiger partial charge on any atom is -0.456 e. The van der Waals surface area contributed by atoms with E-state index in [1.54, 1.807) is 17.8 Å². The van der Waals surface area contributed by atoms with Crippen molar-refractivity contribution in [3.05, 3.63) is 87.6 Å². The number of anilines is 1. The van der Waals surface area contributed by atoms with Crippen molar-refractivity contribution in [1.29, 1.82) is 0 Å². The number of aryl methyl sites for hydroxylation is 1. The van der Waals surface area contributed by atoms with Crippen LogP contribution in [0.2, 0.25) is 5.02 Å². The zero-order valence-corrected chi connectivity index (χ0v) is 26.0. The second kappa shape index (κ2) is 12.4. The number of fused-ring (bicyclic) bond motifs is 4. The molecule has 0 aliphatic carbocycles. The fraction of sp³-hybridized carbons (Fsp3) is 0.267. The first-order valence-electron chi connectivity index (χ1n) is 13.4. The first kappa shape index (κ1) is 30.7. The number of allylic oxidation sites excluding steroid dienone is 2. The summed E-state index contributed by atoms with van der Waals surface area (Å²) in [5.74, 6) is -0.0889. The summed E-state index contributed by atoms with van der Waals surface area (Å²) in [7, 11) is -8.20. The minimum absolute atomic E-state index is 0.225. The quantitative estimate of drug-likeness (QED) is 0.158. The predicted molar refractivity (Wildman–Crippen MR) is 170 cm³/mol. The molecule has 0 saturated heterocycles. The third kappa shape index (κ3) is 7.21. The molecule has 8 nitrogen and oxygen atoms in total. The van der Waals surface area contributed by atoms with Gasteiger partial charge in [0.25, 0.3) is 20.2 Å². The number of rotatable bonds is 11. The largest absolute Gasteiger partial charge is 0.456 e. The van der Waals surface area contributed by atoms with E-state index in [1.165, 1.54) is 0 Å². The molecule has 0 fully saturated rings. The van der Waals surface area contributed by atoms with E-state index < -0.39 is 20.2 Å². The highest BCUT2D eigenvalue weighted by atomic mass is 35.5. The molecular weight excluding hydrogens is 618 g/mol. The van der Waals surface area contributed by atoms with Gasteiger partial charge in [-0.05, 0) is 78.4 Å². The molecule has 222 valence electrons. The van der Waals surface area contributed by atoms with E-state index in [0.717, 1.165) is 42.9 Å². The number of thioether (sulfide) groups is 1. The fourth-order valence-electron chi connectivity index (χ4n) is 5.14. The SMILES string of the molecule is CCC(/C=C1\Sc2ccc(Cl)cc2N1CCCS(=O)(=O)O)=C\c1oc2ccc3ccccc3c2c1CCCS(=O)(=O)O. The number of nitrogens with zero attached hydrogens (tertiary/aromatic N) is 1. The van der Waals surface area contributed by atoms with Crippen LogP contribution in [0.15, 0.2) is 80.6 Å². The molecule has 5 rings (SSSR count). The normalized spacial score (nSPS) is 15.3. The van der Waals surface area contributed by atoms with Crippen molar-refractivity contribution in [2.45, 2.75) is 37.5 Å². The van der Waals surface area contributed by atoms with Crippen LogP contribution in [0.5, 0.6) is 0 Å². The Bertz CT molecular complexity index is 1930. The van der Waals surface area contributed by atoms with Crippen LogP contribution in [0.1, 0.15) is 37.5 Å². The van der Waals surface area contributed by atoms with Gasteiger partial charge in [0, 0.05) is 27.4 Å². The summed E-state index contributed by atoms with van der Waals surface area (Å²) < 4.78 is 70.6. The second-order valence-corrected chi connectivity index (χ2v) is 14.7. The van der Waals surface area contributed by atoms with Crippen LogP contribution in [0.3, 0.4) is 0 Å². The Kier molecular flexibility index (Phi) is 9.08. The molecule has 4 aromatic rings. The Morgan fingerprint density at radius 1 is 1.00 bits per heavy atom. The smallest absolute Gasteiger partial charge is 0.264 e. The lowest BCUT2D eigenvalue weighted by atomic mass is 9.99. The maximum atomic E-state index is 11.5. The molecule has 2 N–H and O–H groups in total. The highest BCUT2D eigenvalue weighted by Crippen LogP contribution is 2.47. The molecule has 1 aliphatic rings. The predicted octanol–water partition coefficient (Wildman–Crippen LogP) is 7.58. The topological polar surface area (TPSA) is 125 Å². The van der Waals surface area contributed by atoms with Crippen LogP contribution in [-0.2, 0) is 26.7 Å². The summed E-state index contributed by atoms with van der Waals surface area (Å²) >= 11 is 7.83. The summed E-state index contributed by atoms with van der Waals surface area (Å²) in [4.78, 5) is 2.98. The van der Waals surface area contributed by atoms with Crippen molar-refractivity contribution in [2.24, 2.45) is 0 Å². The molecule has 0 atom stereocenters. The lowest BCUT2D eigenvalue weighted by molar-refractivity contribution is 0.479. The molecule has 2 heterocycles. The van der Waals surface area contributed by atoms with Gasteiger partial charge in [-0.3, -0.25) is 9.11 Å². The highest BCUT2D eigenvalue weighted by molar-refractivity contribution is 8.03. The number of hydrogen-bond donors (Lipinski definition) is 2. The van der Waals surface area contributed by atoms with E-state index in [-0.39, 0.29) is 24.3 Å². The maximum Gasteiger partial charge on any atom is 0.264 e. The summed E-state index contributed by atoms with van der Waals surface area (Å²) in [5.41, 5.74) is 3.37. The number of furan rings is 1. The third-order valence-corrected chi connectivity index (χ3v) is 10.0. The van der Waals surface area contributed by atoms with Gasteiger partial charge < -0.3 is 9.32 Å². The van der Waals surface area contributed by atoms with Gasteiger partial charge in [0.15, 0.2) is 0 Å². The molecule has 3 aromatic carbocycles. The van der Waals surface area contributed by atoms with E-state index in [0.29, 0.717) is 35.8 Å². The standard InChI is InChI=1S/C30H30ClNO7S3/c1-2-20(18-29-32(14-6-16-42(36,37)38)25-19-22(31)11-13-28(25)40-29)17-27-24(9-5-15-41(33,34)35)30-23-8-4-3-7-21(23)10-12-26(30)39-27/h3-4,7-8,10-13,17-19H,2,5-6,9,14-16H2,1H3,(H,33,34,35)(H,36,37,38)/b20-17+,29-18-. The fourth-order valence-corrected chi connectivity index (χ4v) is 7.45. The monoisotopic (exact) mass is 647 g/mol. The molecule has 0 radical (unpaired) electrons. The summed E-state index contributed by atoms with van der Waals surface area (Å²) in [5, 5.41) is 4.40. The van der Waals surface area contributed by atoms with Gasteiger partial charge in [0.2, 0.25) is 0 Å². The van der Waals surface area contributed by atoms with Gasteiger partial charge in [-0.25, -0.2) is 0 Å². The van der Waals surface area contributed by atoms with Crippen molar-refractivity contribution in [1.82, 2.24) is 0 Å². The van der Waals surface area contributed by atoms with E-state index in [9.17, 15) is 25.9 Å². The van der Waals surface area contributed by atoms with E-state index in [1.807, 2.05) is 72.5 Å². The molecule has 12 heteroatoms. The summed E-state index contributed by atoms with van der Waals surface area (Å²) in [6, 6.07) is 17.4. The molecule has 42 heavy (non-hydrogen) atoms. The van der Waals surface area contributed by atoms with Crippen molar-refractivity contribution in [2.75, 3.05) is 23.0 Å². The van der Waals surface area contributed by atoms with Crippen molar-refractivity contribution in [3.8, 4) is 0 Å². The van der Waals surface area contributed by atoms with Crippen LogP contribution >= 0.6 is 23.4 Å². The van der Waals surface area contributed by atoms with Gasteiger partial charge in [0.05, 0.1) is 22.2 Å². The zero-order chi connectivity index (χ0) is 30.1. The molecule has 0 saturated carbocycles. The number of benzene rings is 3. The third-order valence-electron chi connectivity index (χ3n) is 7.05. The van der Waals surface area contributed by atoms with E-state index in [4.69, 9.17) is 16.0 Å². The average molecular weight is 648 g/mol. The second-order valence-electron chi connectivity index (χ2n) is 10.1. The maximum absolute atomic E-state index is 11.5. The Morgan fingerprint density at radius 2 is 1.74 bits per heavy atom. The highest BCUT2D eigenvalue weighted by Gasteiger charge is 2.26. The van der Waals surface area contributed by atoms with Crippen LogP contribution in [0.4, 0.5) is 5.69 Å². The van der Waals surface area contributed by atoms with Crippen LogP contribution in [-0.4, -0.2) is 44.0 Å². The lowest BCUT2D eigenvalue weighted by Crippen LogP contribution is -2.21. The van der Waals surface area contributed by atoms with Crippen LogP contribution in [0, 0.1) is 0 Å². The van der Waals surface area contributed by atoms with Gasteiger partial charge in [-0.2, -0.15) is 16.8 Å². The van der Waals surface area contributed by atoms with Gasteiger partial charge in [-0.15, -0.1) is 0 Å². The van der Waals surface area contributed by atoms with Crippen LogP contribution < -0.4 is 4.90 Å². The number of hydrogen-bond acceptors (Lipinski definition) is 7. The van der Waals surface area contributed by atoms with Crippen molar-refractivity contribution < 1.29 is 30.4 Å². The molecule has 0 amide bonds. The molecule has 1 aromatic heterocycles. The molecule has 0 unspecified atom stereocenters. The Labute approximate surface area is 254 Å². The average Bonchev–Trinajstić information content (AvgIpc) is 3.44. The van der Waals surface area contributed by atoms with Gasteiger partial charge in [0.1, 0.15) is 11.3 Å².